The predicted molar refractivity (Wildman–Crippen MR) is 237 cm³/mol. The summed E-state index contributed by atoms with van der Waals surface area (Å²) < 4.78 is 0. The summed E-state index contributed by atoms with van der Waals surface area (Å²) in [6.07, 6.45) is 2.58. The molecule has 0 nitrogen and oxygen atoms in total. The number of allylic oxidation sites excluding steroid dienone is 4. The summed E-state index contributed by atoms with van der Waals surface area (Å²) in [6.45, 7) is 4.39. The van der Waals surface area contributed by atoms with E-state index in [4.69, 9.17) is 0 Å². The van der Waals surface area contributed by atoms with E-state index >= 15 is 0 Å². The van der Waals surface area contributed by atoms with E-state index in [1.165, 1.54) is 83.5 Å². The molecular formula is C56H44. The predicted octanol–water partition coefficient (Wildman–Crippen LogP) is 14.4. The Kier molecular flexibility index (Phi) is 9.47. The summed E-state index contributed by atoms with van der Waals surface area (Å²) in [7, 11) is 0. The number of aryl methyl sites for hydroxylation is 2. The fraction of sp³-hybridized carbons (Fsp3) is 0.0714. The Labute approximate surface area is 331 Å². The first-order valence-electron chi connectivity index (χ1n) is 19.6. The highest BCUT2D eigenvalue weighted by atomic mass is 14.5. The van der Waals surface area contributed by atoms with Crippen molar-refractivity contribution in [2.75, 3.05) is 0 Å². The zero-order chi connectivity index (χ0) is 37.9. The van der Waals surface area contributed by atoms with Gasteiger partial charge in [-0.3, -0.25) is 0 Å². The Morgan fingerprint density at radius 1 is 0.339 bits per heavy atom. The average Bonchev–Trinajstić information content (AvgIpc) is 3.27. The first-order valence-corrected chi connectivity index (χ1v) is 19.6. The van der Waals surface area contributed by atoms with Crippen molar-refractivity contribution >= 4 is 16.7 Å². The molecule has 2 unspecified atom stereocenters. The van der Waals surface area contributed by atoms with E-state index in [2.05, 4.69) is 238 Å². The van der Waals surface area contributed by atoms with Gasteiger partial charge < -0.3 is 0 Å². The van der Waals surface area contributed by atoms with Crippen LogP contribution >= 0.6 is 0 Å². The van der Waals surface area contributed by atoms with Crippen LogP contribution in [0.3, 0.4) is 0 Å². The Hall–Kier alpha value is -6.76. The van der Waals surface area contributed by atoms with E-state index in [1.54, 1.807) is 0 Å². The maximum atomic E-state index is 2.58. The van der Waals surface area contributed by atoms with Crippen LogP contribution in [-0.4, -0.2) is 0 Å². The molecule has 9 rings (SSSR count). The van der Waals surface area contributed by atoms with Crippen molar-refractivity contribution in [2.24, 2.45) is 0 Å². The zero-order valence-corrected chi connectivity index (χ0v) is 31.9. The molecule has 0 saturated heterocycles. The van der Waals surface area contributed by atoms with Gasteiger partial charge in [0.1, 0.15) is 0 Å². The third-order valence-corrected chi connectivity index (χ3v) is 11.7. The second kappa shape index (κ2) is 15.2. The Morgan fingerprint density at radius 2 is 0.750 bits per heavy atom. The van der Waals surface area contributed by atoms with Gasteiger partial charge in [-0.05, 0) is 97.3 Å². The molecular weight excluding hydrogens is 673 g/mol. The molecule has 0 aromatic heterocycles. The van der Waals surface area contributed by atoms with Crippen molar-refractivity contribution in [3.8, 4) is 22.3 Å². The fourth-order valence-electron chi connectivity index (χ4n) is 9.04. The molecule has 8 aromatic rings. The van der Waals surface area contributed by atoms with Crippen molar-refractivity contribution in [1.82, 2.24) is 0 Å². The monoisotopic (exact) mass is 716 g/mol. The molecule has 268 valence electrons. The van der Waals surface area contributed by atoms with Gasteiger partial charge in [-0.1, -0.05) is 224 Å². The van der Waals surface area contributed by atoms with Gasteiger partial charge in [-0.25, -0.2) is 0 Å². The highest BCUT2D eigenvalue weighted by molar-refractivity contribution is 6.19. The molecule has 2 atom stereocenters. The van der Waals surface area contributed by atoms with Crippen LogP contribution in [0.25, 0.3) is 39.0 Å². The minimum absolute atomic E-state index is 0.0517. The Balaban J connectivity index is 1.40. The first-order chi connectivity index (χ1) is 27.6. The summed E-state index contributed by atoms with van der Waals surface area (Å²) in [5, 5.41) is 0. The summed E-state index contributed by atoms with van der Waals surface area (Å²) in [4.78, 5) is 0. The maximum absolute atomic E-state index is 2.58. The first kappa shape index (κ1) is 35.0. The number of rotatable bonds is 8. The minimum atomic E-state index is -0.607. The van der Waals surface area contributed by atoms with E-state index in [1.807, 2.05) is 0 Å². The van der Waals surface area contributed by atoms with E-state index in [9.17, 15) is 0 Å². The second-order valence-corrected chi connectivity index (χ2v) is 14.9. The van der Waals surface area contributed by atoms with E-state index < -0.39 is 5.41 Å². The van der Waals surface area contributed by atoms with Crippen LogP contribution in [0, 0.1) is 13.8 Å². The average molecular weight is 717 g/mol. The van der Waals surface area contributed by atoms with Gasteiger partial charge in [0.05, 0.1) is 5.41 Å². The Bertz CT molecular complexity index is 2650. The molecule has 56 heavy (non-hydrogen) atoms. The molecule has 1 aliphatic carbocycles. The summed E-state index contributed by atoms with van der Waals surface area (Å²) in [5.74, 6) is -0.0517. The molecule has 1 aliphatic rings. The number of benzene rings is 8. The quantitative estimate of drug-likeness (QED) is 0.147. The van der Waals surface area contributed by atoms with Crippen molar-refractivity contribution in [3.63, 3.8) is 0 Å². The molecule has 0 amide bonds. The summed E-state index contributed by atoms with van der Waals surface area (Å²) >= 11 is 0. The lowest BCUT2D eigenvalue weighted by Gasteiger charge is -2.48. The number of hydrogen-bond acceptors (Lipinski definition) is 0. The molecule has 8 aromatic carbocycles. The van der Waals surface area contributed by atoms with E-state index in [0.717, 1.165) is 0 Å². The lowest BCUT2D eigenvalue weighted by molar-refractivity contribution is 0.587. The van der Waals surface area contributed by atoms with Gasteiger partial charge in [-0.2, -0.15) is 0 Å². The molecule has 0 heteroatoms. The third kappa shape index (κ3) is 6.24. The molecule has 0 radical (unpaired) electrons. The standard InChI is InChI=1S/C56H44/c1-40-19-15-17-29-50(40)42-31-33-44(34-32-42)52-39-53(45-21-7-3-8-22-45)56(48-27-13-6-14-28-48,49-37-35-43(36-38-49)51-30-18-16-20-41(51)2)55(47-25-11-5-12-26-47)54(52)46-23-9-4-10-24-46/h3-39,53H,1-2H3. The Morgan fingerprint density at radius 3 is 1.29 bits per heavy atom. The molecule has 0 heterocycles. The fourth-order valence-corrected chi connectivity index (χ4v) is 9.04. The van der Waals surface area contributed by atoms with Crippen LogP contribution in [0.4, 0.5) is 0 Å². The molecule has 0 aliphatic heterocycles. The maximum Gasteiger partial charge on any atom is 0.0566 e. The third-order valence-electron chi connectivity index (χ3n) is 11.7. The molecule has 0 N–H and O–H groups in total. The van der Waals surface area contributed by atoms with E-state index in [0.29, 0.717) is 0 Å². The largest absolute Gasteiger partial charge is 0.0669 e. The van der Waals surface area contributed by atoms with Crippen molar-refractivity contribution in [2.45, 2.75) is 25.2 Å². The molecule has 0 fully saturated rings. The molecule has 0 saturated carbocycles. The normalized spacial score (nSPS) is 16.7. The number of hydrogen-bond donors (Lipinski definition) is 0. The van der Waals surface area contributed by atoms with Gasteiger partial charge in [0.25, 0.3) is 0 Å². The molecule has 0 spiro atoms. The van der Waals surface area contributed by atoms with Crippen molar-refractivity contribution in [3.05, 3.63) is 269 Å². The van der Waals surface area contributed by atoms with Gasteiger partial charge in [0.15, 0.2) is 0 Å². The van der Waals surface area contributed by atoms with E-state index in [-0.39, 0.29) is 5.92 Å². The smallest absolute Gasteiger partial charge is 0.0566 e. The van der Waals surface area contributed by atoms with Crippen LogP contribution < -0.4 is 0 Å². The highest BCUT2D eigenvalue weighted by Gasteiger charge is 2.50. The van der Waals surface area contributed by atoms with Crippen LogP contribution in [0.5, 0.6) is 0 Å². The highest BCUT2D eigenvalue weighted by Crippen LogP contribution is 2.61. The van der Waals surface area contributed by atoms with Crippen molar-refractivity contribution < 1.29 is 0 Å². The minimum Gasteiger partial charge on any atom is -0.0669 e. The van der Waals surface area contributed by atoms with Gasteiger partial charge in [0, 0.05) is 5.92 Å². The second-order valence-electron chi connectivity index (χ2n) is 14.9. The van der Waals surface area contributed by atoms with Gasteiger partial charge in [0.2, 0.25) is 0 Å². The van der Waals surface area contributed by atoms with Crippen molar-refractivity contribution in [1.29, 1.82) is 0 Å². The van der Waals surface area contributed by atoms with Crippen LogP contribution in [0.2, 0.25) is 0 Å². The SMILES string of the molecule is Cc1ccccc1-c1ccc(C2=CC(c3ccccc3)C(c3ccccc3)(c3ccc(-c4ccccc4C)cc3)C(c3ccccc3)=C2c2ccccc2)cc1. The van der Waals surface area contributed by atoms with Gasteiger partial charge in [-0.15, -0.1) is 0 Å². The molecule has 0 bridgehead atoms. The van der Waals surface area contributed by atoms with Crippen LogP contribution in [0.1, 0.15) is 50.4 Å². The lowest BCUT2D eigenvalue weighted by Crippen LogP contribution is -2.38. The lowest BCUT2D eigenvalue weighted by atomic mass is 9.53. The zero-order valence-electron chi connectivity index (χ0n) is 31.9. The topological polar surface area (TPSA) is 0 Å². The van der Waals surface area contributed by atoms with Crippen LogP contribution in [0.15, 0.2) is 224 Å². The summed E-state index contributed by atoms with van der Waals surface area (Å²) in [5.41, 5.74) is 18.1. The van der Waals surface area contributed by atoms with Gasteiger partial charge >= 0.3 is 0 Å². The van der Waals surface area contributed by atoms with Crippen LogP contribution in [-0.2, 0) is 5.41 Å². The summed E-state index contributed by atoms with van der Waals surface area (Å²) in [6, 6.07) is 80.6.